The highest BCUT2D eigenvalue weighted by atomic mass is 32.2. The Hall–Kier alpha value is -2.84. The third-order valence-corrected chi connectivity index (χ3v) is 8.94. The van der Waals surface area contributed by atoms with Gasteiger partial charge in [-0.05, 0) is 70.9 Å². The number of carbonyl (C=O) groups excluding carboxylic acids is 3. The molecule has 0 spiro atoms. The van der Waals surface area contributed by atoms with Gasteiger partial charge in [-0.15, -0.1) is 11.8 Å². The van der Waals surface area contributed by atoms with Crippen molar-refractivity contribution in [3.8, 4) is 0 Å². The highest BCUT2D eigenvalue weighted by Gasteiger charge is 2.49. The molecule has 1 saturated heterocycles. The van der Waals surface area contributed by atoms with E-state index in [4.69, 9.17) is 4.74 Å². The molecule has 0 aromatic heterocycles. The van der Waals surface area contributed by atoms with Crippen molar-refractivity contribution < 1.29 is 24.2 Å². The molecule has 4 rings (SSSR count). The zero-order valence-corrected chi connectivity index (χ0v) is 24.8. The Labute approximate surface area is 242 Å². The number of Topliss-reactive ketones (excluding diaryl/α,β-unsaturated/α-hetero) is 1. The van der Waals surface area contributed by atoms with E-state index in [9.17, 15) is 19.5 Å². The Morgan fingerprint density at radius 1 is 1.05 bits per heavy atom. The van der Waals surface area contributed by atoms with Crippen LogP contribution < -0.4 is 5.32 Å². The Morgan fingerprint density at radius 2 is 1.73 bits per heavy atom. The Bertz CT molecular complexity index is 1180. The summed E-state index contributed by atoms with van der Waals surface area (Å²) in [6.45, 7) is 7.04. The van der Waals surface area contributed by atoms with Crippen molar-refractivity contribution in [2.24, 2.45) is 5.92 Å². The van der Waals surface area contributed by atoms with Crippen molar-refractivity contribution in [3.63, 3.8) is 0 Å². The molecule has 0 radical (unpaired) electrons. The van der Waals surface area contributed by atoms with E-state index >= 15 is 0 Å². The zero-order valence-electron chi connectivity index (χ0n) is 24.0. The topological polar surface area (TPSA) is 95.9 Å². The maximum absolute atomic E-state index is 13.9. The summed E-state index contributed by atoms with van der Waals surface area (Å²) in [5.74, 6) is 0.285. The number of aliphatic hydroxyl groups excluding tert-OH is 1. The minimum absolute atomic E-state index is 0.00418. The van der Waals surface area contributed by atoms with E-state index in [1.54, 1.807) is 11.0 Å². The molecule has 7 nitrogen and oxygen atoms in total. The first kappa shape index (κ1) is 30.1. The fourth-order valence-corrected chi connectivity index (χ4v) is 7.00. The summed E-state index contributed by atoms with van der Waals surface area (Å²) in [6, 6.07) is 15.9. The number of amides is 2. The Kier molecular flexibility index (Phi) is 9.95. The third kappa shape index (κ3) is 7.67. The highest BCUT2D eigenvalue weighted by molar-refractivity contribution is 7.99. The molecule has 2 aliphatic rings. The van der Waals surface area contributed by atoms with E-state index in [2.05, 4.69) is 5.32 Å². The molecule has 0 bridgehead atoms. The molecule has 1 heterocycles. The number of fused-ring (bicyclic) bond motifs is 1. The van der Waals surface area contributed by atoms with Gasteiger partial charge in [-0.2, -0.15) is 0 Å². The van der Waals surface area contributed by atoms with Gasteiger partial charge >= 0.3 is 6.09 Å². The normalized spacial score (nSPS) is 22.2. The van der Waals surface area contributed by atoms with Gasteiger partial charge in [0.15, 0.2) is 5.78 Å². The number of ether oxygens (including phenoxy) is 1. The average Bonchev–Trinajstić information content (AvgIpc) is 3.31. The van der Waals surface area contributed by atoms with Crippen LogP contribution in [0.15, 0.2) is 59.5 Å². The Balaban J connectivity index is 1.53. The number of ketones is 1. The van der Waals surface area contributed by atoms with E-state index in [-0.39, 0.29) is 23.7 Å². The fourth-order valence-electron chi connectivity index (χ4n) is 5.88. The molecule has 2 N–H and O–H groups in total. The minimum Gasteiger partial charge on any atom is -0.444 e. The van der Waals surface area contributed by atoms with Crippen molar-refractivity contribution in [1.82, 2.24) is 10.2 Å². The molecule has 5 atom stereocenters. The molecule has 2 aromatic rings. The molecular formula is C32H42N2O5S. The summed E-state index contributed by atoms with van der Waals surface area (Å²) in [6.07, 6.45) is 3.71. The van der Waals surface area contributed by atoms with Crippen LogP contribution in [0.4, 0.5) is 4.79 Å². The van der Waals surface area contributed by atoms with Crippen LogP contribution in [-0.2, 0) is 16.0 Å². The lowest BCUT2D eigenvalue weighted by Crippen LogP contribution is -2.55. The fraction of sp³-hybridized carbons (Fsp3) is 0.531. The summed E-state index contributed by atoms with van der Waals surface area (Å²) < 4.78 is 5.74. The molecule has 2 aromatic carbocycles. The largest absolute Gasteiger partial charge is 0.444 e. The van der Waals surface area contributed by atoms with Gasteiger partial charge in [0.25, 0.3) is 0 Å². The quantitative estimate of drug-likeness (QED) is 0.301. The van der Waals surface area contributed by atoms with E-state index in [0.717, 1.165) is 36.1 Å². The minimum atomic E-state index is -0.882. The summed E-state index contributed by atoms with van der Waals surface area (Å²) >= 11 is 1.40. The summed E-state index contributed by atoms with van der Waals surface area (Å²) in [5, 5.41) is 14.5. The molecule has 1 saturated carbocycles. The van der Waals surface area contributed by atoms with Crippen molar-refractivity contribution in [3.05, 3.63) is 65.7 Å². The number of benzene rings is 2. The Morgan fingerprint density at radius 3 is 2.42 bits per heavy atom. The first-order chi connectivity index (χ1) is 19.0. The maximum Gasteiger partial charge on any atom is 0.411 e. The lowest BCUT2D eigenvalue weighted by molar-refractivity contribution is -0.127. The predicted octanol–water partition coefficient (Wildman–Crippen LogP) is 5.64. The molecule has 2 fully saturated rings. The van der Waals surface area contributed by atoms with Gasteiger partial charge in [0.05, 0.1) is 12.1 Å². The van der Waals surface area contributed by atoms with Crippen molar-refractivity contribution in [2.45, 2.75) is 101 Å². The standard InChI is InChI=1S/C32H42N2O5S/c1-21(35)24-15-9-11-17-29(24)40-20-28(36)25(18-22-12-6-5-7-13-22)33-30(37)27-19-23-14-8-10-16-26(23)34(27)31(38)39-32(2,3)4/h5-7,9,11-13,15,17,23,25-28,36H,8,10,14,16,18-20H2,1-4H3,(H,33,37)/t23-,25-,26-,27-,28-/m0/s1. The number of likely N-dealkylation sites (tertiary alicyclic amines) is 1. The van der Waals surface area contributed by atoms with Crippen molar-refractivity contribution in [2.75, 3.05) is 5.75 Å². The first-order valence-corrected chi connectivity index (χ1v) is 15.3. The van der Waals surface area contributed by atoms with Crippen LogP contribution in [-0.4, -0.2) is 63.4 Å². The van der Waals surface area contributed by atoms with Crippen LogP contribution in [0.3, 0.4) is 0 Å². The van der Waals surface area contributed by atoms with E-state index in [0.29, 0.717) is 24.2 Å². The maximum atomic E-state index is 13.9. The number of nitrogens with zero attached hydrogens (tertiary/aromatic N) is 1. The van der Waals surface area contributed by atoms with Gasteiger partial charge < -0.3 is 15.2 Å². The van der Waals surface area contributed by atoms with E-state index in [1.807, 2.05) is 69.3 Å². The van der Waals surface area contributed by atoms with Crippen LogP contribution in [0.1, 0.15) is 75.7 Å². The monoisotopic (exact) mass is 566 g/mol. The molecule has 216 valence electrons. The van der Waals surface area contributed by atoms with Crippen LogP contribution >= 0.6 is 11.8 Å². The molecule has 8 heteroatoms. The number of rotatable bonds is 9. The predicted molar refractivity (Wildman–Crippen MR) is 157 cm³/mol. The van der Waals surface area contributed by atoms with Crippen LogP contribution in [0.5, 0.6) is 0 Å². The first-order valence-electron chi connectivity index (χ1n) is 14.3. The molecule has 1 aliphatic heterocycles. The van der Waals surface area contributed by atoms with Crippen LogP contribution in [0.25, 0.3) is 0 Å². The zero-order chi connectivity index (χ0) is 28.9. The van der Waals surface area contributed by atoms with Crippen molar-refractivity contribution >= 4 is 29.5 Å². The van der Waals surface area contributed by atoms with E-state index < -0.39 is 29.9 Å². The summed E-state index contributed by atoms with van der Waals surface area (Å²) in [7, 11) is 0. The molecule has 0 unspecified atom stereocenters. The smallest absolute Gasteiger partial charge is 0.411 e. The second-order valence-electron chi connectivity index (χ2n) is 12.0. The number of carbonyl (C=O) groups is 3. The lowest BCUT2D eigenvalue weighted by atomic mass is 9.85. The van der Waals surface area contributed by atoms with Gasteiger partial charge in [0.1, 0.15) is 11.6 Å². The van der Waals surface area contributed by atoms with Gasteiger partial charge in [-0.25, -0.2) is 4.79 Å². The molecular weight excluding hydrogens is 524 g/mol. The molecule has 1 aliphatic carbocycles. The number of nitrogens with one attached hydrogen (secondary N) is 1. The number of thioether (sulfide) groups is 1. The van der Waals surface area contributed by atoms with Gasteiger partial charge in [-0.1, -0.05) is 61.4 Å². The van der Waals surface area contributed by atoms with Crippen LogP contribution in [0.2, 0.25) is 0 Å². The van der Waals surface area contributed by atoms with Crippen LogP contribution in [0, 0.1) is 5.92 Å². The van der Waals surface area contributed by atoms with Gasteiger partial charge in [0, 0.05) is 22.3 Å². The lowest BCUT2D eigenvalue weighted by Gasteiger charge is -2.35. The SMILES string of the molecule is CC(=O)c1ccccc1SC[C@H](O)[C@H](Cc1ccccc1)NC(=O)[C@@H]1C[C@@H]2CCCC[C@@H]2N1C(=O)OC(C)(C)C. The number of hydrogen-bond donors (Lipinski definition) is 2. The molecule has 2 amide bonds. The second kappa shape index (κ2) is 13.2. The van der Waals surface area contributed by atoms with Gasteiger partial charge in [0.2, 0.25) is 5.91 Å². The number of aliphatic hydroxyl groups is 1. The average molecular weight is 567 g/mol. The number of hydrogen-bond acceptors (Lipinski definition) is 6. The molecule has 40 heavy (non-hydrogen) atoms. The summed E-state index contributed by atoms with van der Waals surface area (Å²) in [5.41, 5.74) is 0.944. The van der Waals surface area contributed by atoms with Gasteiger partial charge in [-0.3, -0.25) is 14.5 Å². The summed E-state index contributed by atoms with van der Waals surface area (Å²) in [4.78, 5) is 41.8. The highest BCUT2D eigenvalue weighted by Crippen LogP contribution is 2.40. The second-order valence-corrected chi connectivity index (χ2v) is 13.0. The van der Waals surface area contributed by atoms with E-state index in [1.165, 1.54) is 18.7 Å². The third-order valence-electron chi connectivity index (χ3n) is 7.76. The van der Waals surface area contributed by atoms with Crippen molar-refractivity contribution in [1.29, 1.82) is 0 Å².